The van der Waals surface area contributed by atoms with Gasteiger partial charge >= 0.3 is 0 Å². The summed E-state index contributed by atoms with van der Waals surface area (Å²) >= 11 is 3.43. The van der Waals surface area contributed by atoms with Crippen molar-refractivity contribution in [3.63, 3.8) is 0 Å². The number of halogens is 1. The Morgan fingerprint density at radius 3 is 2.46 bits per heavy atom. The van der Waals surface area contributed by atoms with E-state index in [4.69, 9.17) is 0 Å². The molecule has 2 rings (SSSR count). The highest BCUT2D eigenvalue weighted by Crippen LogP contribution is 2.23. The molecule has 0 spiro atoms. The van der Waals surface area contributed by atoms with E-state index in [-0.39, 0.29) is 5.91 Å². The van der Waals surface area contributed by atoms with E-state index in [0.29, 0.717) is 24.6 Å². The van der Waals surface area contributed by atoms with Gasteiger partial charge in [-0.25, -0.2) is 0 Å². The second-order valence-corrected chi connectivity index (χ2v) is 6.87. The summed E-state index contributed by atoms with van der Waals surface area (Å²) in [5.74, 6) is 0.524. The van der Waals surface area contributed by atoms with Crippen molar-refractivity contribution in [1.82, 2.24) is 5.32 Å². The van der Waals surface area contributed by atoms with Crippen molar-refractivity contribution in [1.29, 1.82) is 0 Å². The van der Waals surface area contributed by atoms with Crippen LogP contribution in [-0.2, 0) is 6.54 Å². The lowest BCUT2D eigenvalue weighted by molar-refractivity contribution is 0.0956. The van der Waals surface area contributed by atoms with Crippen molar-refractivity contribution in [2.24, 2.45) is 0 Å². The molecule has 0 heterocycles. The molecule has 1 unspecified atom stereocenters. The fourth-order valence-corrected chi connectivity index (χ4v) is 2.87. The Hall–Kier alpha value is -1.81. The highest BCUT2D eigenvalue weighted by molar-refractivity contribution is 9.10. The Labute approximate surface area is 153 Å². The summed E-state index contributed by atoms with van der Waals surface area (Å²) in [5.41, 5.74) is 4.07. The maximum absolute atomic E-state index is 12.2. The predicted molar refractivity (Wildman–Crippen MR) is 105 cm³/mol. The summed E-state index contributed by atoms with van der Waals surface area (Å²) in [6.07, 6.45) is 1.15. The van der Waals surface area contributed by atoms with E-state index in [9.17, 15) is 4.79 Å². The number of amides is 1. The SMILES string of the molecule is CCNC(=O)c1cc(Br)ccc1NCc1ccc(C(C)CC)cc1. The minimum atomic E-state index is -0.0616. The number of hydrogen-bond donors (Lipinski definition) is 2. The first-order valence-corrected chi connectivity index (χ1v) is 9.24. The smallest absolute Gasteiger partial charge is 0.253 e. The van der Waals surface area contributed by atoms with Crippen LogP contribution in [0.3, 0.4) is 0 Å². The Morgan fingerprint density at radius 1 is 1.12 bits per heavy atom. The summed E-state index contributed by atoms with van der Waals surface area (Å²) in [6.45, 7) is 7.67. The standard InChI is InChI=1S/C20H25BrN2O/c1-4-14(3)16-8-6-15(7-9-16)13-23-19-11-10-17(21)12-18(19)20(24)22-5-2/h6-12,14,23H,4-5,13H2,1-3H3,(H,22,24). The number of benzene rings is 2. The summed E-state index contributed by atoms with van der Waals surface area (Å²) in [6, 6.07) is 14.4. The normalized spacial score (nSPS) is 11.8. The van der Waals surface area contributed by atoms with Gasteiger partial charge in [-0.3, -0.25) is 4.79 Å². The highest BCUT2D eigenvalue weighted by Gasteiger charge is 2.11. The van der Waals surface area contributed by atoms with E-state index >= 15 is 0 Å². The molecule has 0 radical (unpaired) electrons. The van der Waals surface area contributed by atoms with Crippen molar-refractivity contribution in [3.05, 3.63) is 63.6 Å². The first kappa shape index (κ1) is 18.5. The van der Waals surface area contributed by atoms with Gasteiger partial charge in [-0.1, -0.05) is 54.0 Å². The van der Waals surface area contributed by atoms with Gasteiger partial charge in [0.1, 0.15) is 0 Å². The monoisotopic (exact) mass is 388 g/mol. The van der Waals surface area contributed by atoms with Crippen LogP contribution >= 0.6 is 15.9 Å². The van der Waals surface area contributed by atoms with Crippen molar-refractivity contribution in [3.8, 4) is 0 Å². The third-order valence-electron chi connectivity index (χ3n) is 4.21. The Morgan fingerprint density at radius 2 is 1.83 bits per heavy atom. The lowest BCUT2D eigenvalue weighted by Gasteiger charge is -2.13. The molecule has 2 N–H and O–H groups in total. The molecule has 4 heteroatoms. The number of hydrogen-bond acceptors (Lipinski definition) is 2. The number of carbonyl (C=O) groups excluding carboxylic acids is 1. The van der Waals surface area contributed by atoms with E-state index in [1.165, 1.54) is 11.1 Å². The minimum Gasteiger partial charge on any atom is -0.380 e. The average Bonchev–Trinajstić information content (AvgIpc) is 2.60. The lowest BCUT2D eigenvalue weighted by Crippen LogP contribution is -2.23. The summed E-state index contributed by atoms with van der Waals surface area (Å²) < 4.78 is 0.896. The van der Waals surface area contributed by atoms with Gasteiger partial charge in [-0.15, -0.1) is 0 Å². The fraction of sp³-hybridized carbons (Fsp3) is 0.350. The van der Waals surface area contributed by atoms with Crippen LogP contribution in [0.2, 0.25) is 0 Å². The molecule has 0 aliphatic carbocycles. The van der Waals surface area contributed by atoms with Crippen LogP contribution < -0.4 is 10.6 Å². The van der Waals surface area contributed by atoms with Gasteiger partial charge in [0.25, 0.3) is 5.91 Å². The molecule has 128 valence electrons. The van der Waals surface area contributed by atoms with Crippen molar-refractivity contribution < 1.29 is 4.79 Å². The van der Waals surface area contributed by atoms with E-state index < -0.39 is 0 Å². The molecule has 0 aliphatic heterocycles. The van der Waals surface area contributed by atoms with Crippen LogP contribution in [0, 0.1) is 0 Å². The molecule has 0 aliphatic rings. The molecule has 0 fully saturated rings. The first-order chi connectivity index (χ1) is 11.5. The predicted octanol–water partition coefficient (Wildman–Crippen LogP) is 5.32. The number of rotatable bonds is 7. The van der Waals surface area contributed by atoms with Gasteiger partial charge in [0.15, 0.2) is 0 Å². The van der Waals surface area contributed by atoms with E-state index in [0.717, 1.165) is 16.6 Å². The van der Waals surface area contributed by atoms with E-state index in [2.05, 4.69) is 64.7 Å². The summed E-state index contributed by atoms with van der Waals surface area (Å²) in [7, 11) is 0. The average molecular weight is 389 g/mol. The highest BCUT2D eigenvalue weighted by atomic mass is 79.9. The topological polar surface area (TPSA) is 41.1 Å². The van der Waals surface area contributed by atoms with Crippen LogP contribution in [0.4, 0.5) is 5.69 Å². The largest absolute Gasteiger partial charge is 0.380 e. The summed E-state index contributed by atoms with van der Waals surface area (Å²) in [4.78, 5) is 12.2. The van der Waals surface area contributed by atoms with Crippen molar-refractivity contribution in [2.45, 2.75) is 39.7 Å². The quantitative estimate of drug-likeness (QED) is 0.673. The van der Waals surface area contributed by atoms with Crippen LogP contribution in [-0.4, -0.2) is 12.5 Å². The zero-order chi connectivity index (χ0) is 17.5. The first-order valence-electron chi connectivity index (χ1n) is 8.45. The molecule has 0 bridgehead atoms. The zero-order valence-corrected chi connectivity index (χ0v) is 16.1. The second kappa shape index (κ2) is 8.88. The molecule has 2 aromatic carbocycles. The lowest BCUT2D eigenvalue weighted by atomic mass is 9.97. The molecular formula is C20H25BrN2O. The number of nitrogens with one attached hydrogen (secondary N) is 2. The van der Waals surface area contributed by atoms with E-state index in [1.807, 2.05) is 25.1 Å². The molecule has 3 nitrogen and oxygen atoms in total. The van der Waals surface area contributed by atoms with Gasteiger partial charge in [-0.2, -0.15) is 0 Å². The fourth-order valence-electron chi connectivity index (χ4n) is 2.51. The maximum Gasteiger partial charge on any atom is 0.253 e. The molecule has 0 aromatic heterocycles. The van der Waals surface area contributed by atoms with Crippen molar-refractivity contribution >= 4 is 27.5 Å². The maximum atomic E-state index is 12.2. The van der Waals surface area contributed by atoms with Crippen LogP contribution in [0.5, 0.6) is 0 Å². The molecule has 0 saturated carbocycles. The minimum absolute atomic E-state index is 0.0616. The third kappa shape index (κ3) is 4.84. The van der Waals surface area contributed by atoms with Gasteiger partial charge in [-0.05, 0) is 48.6 Å². The van der Waals surface area contributed by atoms with Gasteiger partial charge < -0.3 is 10.6 Å². The van der Waals surface area contributed by atoms with Gasteiger partial charge in [0.05, 0.1) is 5.56 Å². The number of anilines is 1. The zero-order valence-electron chi connectivity index (χ0n) is 14.5. The van der Waals surface area contributed by atoms with E-state index in [1.54, 1.807) is 0 Å². The molecule has 1 atom stereocenters. The molecule has 1 amide bonds. The molecule has 0 saturated heterocycles. The van der Waals surface area contributed by atoms with Crippen LogP contribution in [0.25, 0.3) is 0 Å². The third-order valence-corrected chi connectivity index (χ3v) is 4.70. The van der Waals surface area contributed by atoms with Gasteiger partial charge in [0, 0.05) is 23.2 Å². The second-order valence-electron chi connectivity index (χ2n) is 5.95. The van der Waals surface area contributed by atoms with Crippen LogP contribution in [0.1, 0.15) is 54.6 Å². The summed E-state index contributed by atoms with van der Waals surface area (Å²) in [5, 5.41) is 6.23. The molecule has 2 aromatic rings. The Balaban J connectivity index is 2.10. The molecular weight excluding hydrogens is 364 g/mol. The Bertz CT molecular complexity index is 683. The van der Waals surface area contributed by atoms with Crippen LogP contribution in [0.15, 0.2) is 46.9 Å². The van der Waals surface area contributed by atoms with Gasteiger partial charge in [0.2, 0.25) is 0 Å². The number of carbonyl (C=O) groups is 1. The molecule has 24 heavy (non-hydrogen) atoms. The van der Waals surface area contributed by atoms with Crippen molar-refractivity contribution in [2.75, 3.05) is 11.9 Å². The Kier molecular flexibility index (Phi) is 6.85.